The second-order valence-corrected chi connectivity index (χ2v) is 5.16. The molecule has 1 aliphatic rings. The largest absolute Gasteiger partial charge is 0.398 e. The molecule has 0 saturated heterocycles. The molecule has 2 unspecified atom stereocenters. The lowest BCUT2D eigenvalue weighted by atomic mass is 9.85. The van der Waals surface area contributed by atoms with Crippen LogP contribution in [0.4, 0.5) is 14.5 Å². The van der Waals surface area contributed by atoms with E-state index in [2.05, 4.69) is 5.32 Å². The van der Waals surface area contributed by atoms with E-state index in [1.54, 1.807) is 0 Å². The predicted octanol–water partition coefficient (Wildman–Crippen LogP) is 1.83. The van der Waals surface area contributed by atoms with Crippen molar-refractivity contribution >= 4 is 11.6 Å². The SMILES string of the molecule is Nc1cc(F)c(F)cc1C(=O)NC1CCCCC1CO. The highest BCUT2D eigenvalue weighted by molar-refractivity contribution is 5.99. The quantitative estimate of drug-likeness (QED) is 0.741. The van der Waals surface area contributed by atoms with Crippen molar-refractivity contribution in [3.05, 3.63) is 29.3 Å². The average Bonchev–Trinajstić information content (AvgIpc) is 2.43. The van der Waals surface area contributed by atoms with Crippen LogP contribution in [-0.2, 0) is 0 Å². The van der Waals surface area contributed by atoms with Gasteiger partial charge < -0.3 is 16.2 Å². The van der Waals surface area contributed by atoms with E-state index in [0.717, 1.165) is 37.8 Å². The fourth-order valence-corrected chi connectivity index (χ4v) is 2.62. The summed E-state index contributed by atoms with van der Waals surface area (Å²) in [5.74, 6) is -2.72. The number of carbonyl (C=O) groups excluding carboxylic acids is 1. The van der Waals surface area contributed by atoms with Gasteiger partial charge in [0.1, 0.15) is 0 Å². The fraction of sp³-hybridized carbons (Fsp3) is 0.500. The summed E-state index contributed by atoms with van der Waals surface area (Å²) in [5, 5.41) is 12.1. The van der Waals surface area contributed by atoms with Gasteiger partial charge >= 0.3 is 0 Å². The number of aliphatic hydroxyl groups excluding tert-OH is 1. The van der Waals surface area contributed by atoms with E-state index in [9.17, 15) is 18.7 Å². The van der Waals surface area contributed by atoms with Crippen molar-refractivity contribution in [3.8, 4) is 0 Å². The molecule has 0 aliphatic heterocycles. The van der Waals surface area contributed by atoms with Crippen molar-refractivity contribution in [2.45, 2.75) is 31.7 Å². The smallest absolute Gasteiger partial charge is 0.253 e. The zero-order valence-electron chi connectivity index (χ0n) is 11.0. The van der Waals surface area contributed by atoms with E-state index in [-0.39, 0.29) is 29.8 Å². The number of rotatable bonds is 3. The van der Waals surface area contributed by atoms with E-state index in [4.69, 9.17) is 5.73 Å². The average molecular weight is 284 g/mol. The Bertz CT molecular complexity index is 508. The molecule has 4 N–H and O–H groups in total. The first-order chi connectivity index (χ1) is 9.52. The Morgan fingerprint density at radius 2 is 1.95 bits per heavy atom. The summed E-state index contributed by atoms with van der Waals surface area (Å²) in [6.07, 6.45) is 3.59. The molecule has 1 aromatic carbocycles. The van der Waals surface area contributed by atoms with E-state index < -0.39 is 17.5 Å². The molecule has 110 valence electrons. The summed E-state index contributed by atoms with van der Waals surface area (Å²) in [6.45, 7) is -0.00178. The van der Waals surface area contributed by atoms with Gasteiger partial charge in [-0.15, -0.1) is 0 Å². The van der Waals surface area contributed by atoms with Crippen molar-refractivity contribution in [2.75, 3.05) is 12.3 Å². The molecule has 0 spiro atoms. The summed E-state index contributed by atoms with van der Waals surface area (Å²) >= 11 is 0. The third-order valence-corrected chi connectivity index (χ3v) is 3.80. The summed E-state index contributed by atoms with van der Waals surface area (Å²) in [6, 6.07) is 1.44. The van der Waals surface area contributed by atoms with Gasteiger partial charge in [0, 0.05) is 30.3 Å². The Balaban J connectivity index is 2.13. The lowest BCUT2D eigenvalue weighted by molar-refractivity contribution is 0.0873. The first-order valence-corrected chi connectivity index (χ1v) is 6.69. The number of hydrogen-bond donors (Lipinski definition) is 3. The molecule has 0 radical (unpaired) electrons. The van der Waals surface area contributed by atoms with Gasteiger partial charge in [-0.2, -0.15) is 0 Å². The Kier molecular flexibility index (Phi) is 4.54. The maximum atomic E-state index is 13.2. The van der Waals surface area contributed by atoms with E-state index in [0.29, 0.717) is 0 Å². The van der Waals surface area contributed by atoms with Crippen molar-refractivity contribution in [3.63, 3.8) is 0 Å². The molecule has 1 amide bonds. The molecule has 1 fully saturated rings. The number of halogens is 2. The van der Waals surface area contributed by atoms with E-state index >= 15 is 0 Å². The lowest BCUT2D eigenvalue weighted by Crippen LogP contribution is -2.43. The van der Waals surface area contributed by atoms with Crippen LogP contribution in [0.1, 0.15) is 36.0 Å². The lowest BCUT2D eigenvalue weighted by Gasteiger charge is -2.31. The zero-order chi connectivity index (χ0) is 14.7. The summed E-state index contributed by atoms with van der Waals surface area (Å²) in [7, 11) is 0. The molecule has 4 nitrogen and oxygen atoms in total. The van der Waals surface area contributed by atoms with Gasteiger partial charge in [-0.1, -0.05) is 12.8 Å². The fourth-order valence-electron chi connectivity index (χ4n) is 2.62. The minimum atomic E-state index is -1.10. The maximum absolute atomic E-state index is 13.2. The second-order valence-electron chi connectivity index (χ2n) is 5.16. The Labute approximate surface area is 116 Å². The third kappa shape index (κ3) is 3.07. The molecule has 1 aromatic rings. The van der Waals surface area contributed by atoms with E-state index in [1.165, 1.54) is 0 Å². The standard InChI is InChI=1S/C14H18F2N2O2/c15-10-5-9(12(17)6-11(10)16)14(20)18-13-4-2-1-3-8(13)7-19/h5-6,8,13,19H,1-4,7,17H2,(H,18,20). The molecule has 0 aromatic heterocycles. The van der Waals surface area contributed by atoms with E-state index in [1.807, 2.05) is 0 Å². The molecule has 0 bridgehead atoms. The molecule has 1 aliphatic carbocycles. The van der Waals surface area contributed by atoms with Crippen LogP contribution in [0.2, 0.25) is 0 Å². The van der Waals surface area contributed by atoms with Gasteiger partial charge in [-0.3, -0.25) is 4.79 Å². The van der Waals surface area contributed by atoms with Crippen LogP contribution in [0, 0.1) is 17.6 Å². The highest BCUT2D eigenvalue weighted by atomic mass is 19.2. The number of carbonyl (C=O) groups is 1. The van der Waals surface area contributed by atoms with Gasteiger partial charge in [0.25, 0.3) is 5.91 Å². The molecular weight excluding hydrogens is 266 g/mol. The molecule has 2 rings (SSSR count). The van der Waals surface area contributed by atoms with Crippen LogP contribution in [0.15, 0.2) is 12.1 Å². The van der Waals surface area contributed by atoms with Crippen molar-refractivity contribution in [1.29, 1.82) is 0 Å². The number of hydrogen-bond acceptors (Lipinski definition) is 3. The molecule has 1 saturated carbocycles. The first-order valence-electron chi connectivity index (χ1n) is 6.69. The number of nitrogen functional groups attached to an aromatic ring is 1. The number of amides is 1. The first kappa shape index (κ1) is 14.7. The van der Waals surface area contributed by atoms with Crippen molar-refractivity contribution in [2.24, 2.45) is 5.92 Å². The highest BCUT2D eigenvalue weighted by Gasteiger charge is 2.27. The van der Waals surface area contributed by atoms with Gasteiger partial charge in [0.05, 0.1) is 5.56 Å². The molecular formula is C14H18F2N2O2. The van der Waals surface area contributed by atoms with Crippen LogP contribution in [0.3, 0.4) is 0 Å². The Hall–Kier alpha value is -1.69. The van der Waals surface area contributed by atoms with Crippen LogP contribution >= 0.6 is 0 Å². The number of nitrogens with one attached hydrogen (secondary N) is 1. The molecule has 6 heteroatoms. The van der Waals surface area contributed by atoms with Gasteiger partial charge in [0.2, 0.25) is 0 Å². The topological polar surface area (TPSA) is 75.4 Å². The summed E-state index contributed by atoms with van der Waals surface area (Å²) in [4.78, 5) is 12.1. The van der Waals surface area contributed by atoms with Gasteiger partial charge in [-0.25, -0.2) is 8.78 Å². The van der Waals surface area contributed by atoms with Crippen molar-refractivity contribution in [1.82, 2.24) is 5.32 Å². The summed E-state index contributed by atoms with van der Waals surface area (Å²) < 4.78 is 26.2. The second kappa shape index (κ2) is 6.17. The van der Waals surface area contributed by atoms with Crippen LogP contribution in [-0.4, -0.2) is 23.7 Å². The van der Waals surface area contributed by atoms with Crippen LogP contribution < -0.4 is 11.1 Å². The Morgan fingerprint density at radius 3 is 2.65 bits per heavy atom. The number of nitrogens with two attached hydrogens (primary N) is 1. The molecule has 2 atom stereocenters. The summed E-state index contributed by atoms with van der Waals surface area (Å²) in [5.41, 5.74) is 5.37. The predicted molar refractivity (Wildman–Crippen MR) is 71.1 cm³/mol. The number of anilines is 1. The molecule has 0 heterocycles. The van der Waals surface area contributed by atoms with Gasteiger partial charge in [-0.05, 0) is 18.9 Å². The van der Waals surface area contributed by atoms with Crippen molar-refractivity contribution < 1.29 is 18.7 Å². The number of aliphatic hydroxyl groups is 1. The Morgan fingerprint density at radius 1 is 1.30 bits per heavy atom. The number of benzene rings is 1. The monoisotopic (exact) mass is 284 g/mol. The minimum Gasteiger partial charge on any atom is -0.398 e. The van der Waals surface area contributed by atoms with Crippen LogP contribution in [0.5, 0.6) is 0 Å². The minimum absolute atomic E-state index is 0.000722. The maximum Gasteiger partial charge on any atom is 0.253 e. The molecule has 20 heavy (non-hydrogen) atoms. The normalized spacial score (nSPS) is 22.6. The van der Waals surface area contributed by atoms with Crippen LogP contribution in [0.25, 0.3) is 0 Å². The van der Waals surface area contributed by atoms with Gasteiger partial charge in [0.15, 0.2) is 11.6 Å². The zero-order valence-corrected chi connectivity index (χ0v) is 11.0. The highest BCUT2D eigenvalue weighted by Crippen LogP contribution is 2.25. The third-order valence-electron chi connectivity index (χ3n) is 3.80.